The number of hydrogen-bond acceptors (Lipinski definition) is 1. The third-order valence-electron chi connectivity index (χ3n) is 2.63. The zero-order valence-corrected chi connectivity index (χ0v) is 10.0. The Labute approximate surface area is 109 Å². The number of hydrogen-bond donors (Lipinski definition) is 1. The first-order chi connectivity index (χ1) is 9.10. The highest BCUT2D eigenvalue weighted by Gasteiger charge is 2.44. The molecule has 0 unspecified atom stereocenters. The molecule has 1 heterocycles. The van der Waals surface area contributed by atoms with Crippen molar-refractivity contribution in [3.63, 3.8) is 0 Å². The highest BCUT2D eigenvalue weighted by molar-refractivity contribution is 5.70. The van der Waals surface area contributed by atoms with Crippen LogP contribution in [0.15, 0.2) is 24.3 Å². The minimum Gasteiger partial charge on any atom is -0.272 e. The first-order valence-corrected chi connectivity index (χ1v) is 5.40. The summed E-state index contributed by atoms with van der Waals surface area (Å²) in [5, 5.41) is 4.23. The molecule has 0 fully saturated rings. The van der Waals surface area contributed by atoms with Gasteiger partial charge >= 0.3 is 12.4 Å². The van der Waals surface area contributed by atoms with Crippen molar-refractivity contribution in [2.75, 3.05) is 0 Å². The van der Waals surface area contributed by atoms with Gasteiger partial charge in [-0.3, -0.25) is 5.10 Å². The zero-order chi connectivity index (χ0) is 15.1. The number of aryl methyl sites for hydroxylation is 1. The third-order valence-corrected chi connectivity index (χ3v) is 2.63. The number of alkyl halides is 6. The number of halogens is 6. The van der Waals surface area contributed by atoms with Crippen LogP contribution in [-0.4, -0.2) is 10.2 Å². The van der Waals surface area contributed by atoms with E-state index in [2.05, 4.69) is 5.10 Å². The van der Waals surface area contributed by atoms with Gasteiger partial charge in [0, 0.05) is 5.56 Å². The van der Waals surface area contributed by atoms with Gasteiger partial charge < -0.3 is 0 Å². The van der Waals surface area contributed by atoms with Crippen LogP contribution in [0.1, 0.15) is 17.0 Å². The molecule has 0 radical (unpaired) electrons. The first-order valence-electron chi connectivity index (χ1n) is 5.40. The molecule has 8 heteroatoms. The minimum absolute atomic E-state index is 0.182. The van der Waals surface area contributed by atoms with Crippen LogP contribution in [0.25, 0.3) is 11.1 Å². The predicted octanol–water partition coefficient (Wildman–Crippen LogP) is 4.42. The number of H-pyrrole nitrogens is 1. The van der Waals surface area contributed by atoms with Crippen molar-refractivity contribution >= 4 is 0 Å². The standard InChI is InChI=1S/C12H8F6N2/c1-6-3-2-4-7(5-6)8-9(11(13,14)15)19-20-10(8)12(16,17)18/h2-5H,1H3,(H,19,20). The van der Waals surface area contributed by atoms with Gasteiger partial charge in [0.15, 0.2) is 5.69 Å². The average molecular weight is 294 g/mol. The van der Waals surface area contributed by atoms with Crippen LogP contribution in [0.4, 0.5) is 26.3 Å². The minimum atomic E-state index is -4.97. The molecule has 20 heavy (non-hydrogen) atoms. The number of nitrogens with zero attached hydrogens (tertiary/aromatic N) is 1. The number of aromatic amines is 1. The summed E-state index contributed by atoms with van der Waals surface area (Å²) in [5.74, 6) is 0. The molecule has 0 saturated heterocycles. The molecule has 108 valence electrons. The lowest BCUT2D eigenvalue weighted by Gasteiger charge is -2.11. The normalized spacial score (nSPS) is 12.8. The molecule has 0 amide bonds. The SMILES string of the molecule is Cc1cccc(-c2c(C(F)(F)F)n[nH]c2C(F)(F)F)c1. The second-order valence-corrected chi connectivity index (χ2v) is 4.19. The van der Waals surface area contributed by atoms with E-state index < -0.39 is 29.3 Å². The molecule has 1 aromatic heterocycles. The molecular weight excluding hydrogens is 286 g/mol. The van der Waals surface area contributed by atoms with Crippen molar-refractivity contribution in [2.24, 2.45) is 0 Å². The van der Waals surface area contributed by atoms with Gasteiger partial charge in [-0.25, -0.2) is 0 Å². The van der Waals surface area contributed by atoms with E-state index in [4.69, 9.17) is 0 Å². The van der Waals surface area contributed by atoms with E-state index >= 15 is 0 Å². The Hall–Kier alpha value is -1.99. The van der Waals surface area contributed by atoms with Crippen molar-refractivity contribution < 1.29 is 26.3 Å². The number of nitrogens with one attached hydrogen (secondary N) is 1. The maximum atomic E-state index is 12.8. The fourth-order valence-corrected chi connectivity index (χ4v) is 1.83. The molecule has 0 aliphatic carbocycles. The molecule has 0 aliphatic heterocycles. The van der Waals surface area contributed by atoms with Gasteiger partial charge in [0.05, 0.1) is 0 Å². The lowest BCUT2D eigenvalue weighted by atomic mass is 10.0. The highest BCUT2D eigenvalue weighted by atomic mass is 19.4. The molecule has 0 bridgehead atoms. The van der Waals surface area contributed by atoms with Crippen LogP contribution in [0.3, 0.4) is 0 Å². The topological polar surface area (TPSA) is 28.7 Å². The first kappa shape index (κ1) is 14.4. The largest absolute Gasteiger partial charge is 0.435 e. The summed E-state index contributed by atoms with van der Waals surface area (Å²) in [7, 11) is 0. The van der Waals surface area contributed by atoms with Gasteiger partial charge in [-0.1, -0.05) is 29.8 Å². The maximum Gasteiger partial charge on any atom is 0.435 e. The molecule has 2 nitrogen and oxygen atoms in total. The summed E-state index contributed by atoms with van der Waals surface area (Å²) in [4.78, 5) is 0. The van der Waals surface area contributed by atoms with E-state index in [1.807, 2.05) is 0 Å². The Kier molecular flexibility index (Phi) is 3.27. The molecule has 1 N–H and O–H groups in total. The molecule has 0 spiro atoms. The van der Waals surface area contributed by atoms with E-state index in [1.54, 1.807) is 13.0 Å². The fraction of sp³-hybridized carbons (Fsp3) is 0.250. The van der Waals surface area contributed by atoms with Gasteiger partial charge in [-0.05, 0) is 12.5 Å². The van der Waals surface area contributed by atoms with Crippen LogP contribution in [0.5, 0.6) is 0 Å². The van der Waals surface area contributed by atoms with Gasteiger partial charge in [-0.2, -0.15) is 31.4 Å². The Morgan fingerprint density at radius 3 is 2.15 bits per heavy atom. The average Bonchev–Trinajstić information content (AvgIpc) is 2.72. The summed E-state index contributed by atoms with van der Waals surface area (Å²) in [6, 6.07) is 5.39. The monoisotopic (exact) mass is 294 g/mol. The van der Waals surface area contributed by atoms with Crippen molar-refractivity contribution in [1.82, 2.24) is 10.2 Å². The van der Waals surface area contributed by atoms with Crippen molar-refractivity contribution in [3.8, 4) is 11.1 Å². The Morgan fingerprint density at radius 2 is 1.65 bits per heavy atom. The summed E-state index contributed by atoms with van der Waals surface area (Å²) in [5.41, 5.74) is -3.69. The van der Waals surface area contributed by atoms with Gasteiger partial charge in [-0.15, -0.1) is 0 Å². The summed E-state index contributed by atoms with van der Waals surface area (Å²) in [6.07, 6.45) is -9.92. The molecule has 2 rings (SSSR count). The fourth-order valence-electron chi connectivity index (χ4n) is 1.83. The molecular formula is C12H8F6N2. The quantitative estimate of drug-likeness (QED) is 0.775. The van der Waals surface area contributed by atoms with Crippen LogP contribution < -0.4 is 0 Å². The van der Waals surface area contributed by atoms with Crippen LogP contribution in [0, 0.1) is 6.92 Å². The highest BCUT2D eigenvalue weighted by Crippen LogP contribution is 2.43. The van der Waals surface area contributed by atoms with E-state index in [1.165, 1.54) is 23.3 Å². The lowest BCUT2D eigenvalue weighted by Crippen LogP contribution is -2.10. The second kappa shape index (κ2) is 4.53. The Morgan fingerprint density at radius 1 is 1.00 bits per heavy atom. The van der Waals surface area contributed by atoms with Gasteiger partial charge in [0.2, 0.25) is 0 Å². The number of benzene rings is 1. The molecule has 0 saturated carbocycles. The maximum absolute atomic E-state index is 12.8. The van der Waals surface area contributed by atoms with Crippen molar-refractivity contribution in [1.29, 1.82) is 0 Å². The molecule has 1 aromatic carbocycles. The number of rotatable bonds is 1. The smallest absolute Gasteiger partial charge is 0.272 e. The summed E-state index contributed by atoms with van der Waals surface area (Å²) in [6.45, 7) is 1.57. The number of aromatic nitrogens is 2. The zero-order valence-electron chi connectivity index (χ0n) is 10.0. The lowest BCUT2D eigenvalue weighted by molar-refractivity contribution is -0.141. The van der Waals surface area contributed by atoms with Crippen LogP contribution in [0.2, 0.25) is 0 Å². The van der Waals surface area contributed by atoms with Crippen LogP contribution in [-0.2, 0) is 12.4 Å². The van der Waals surface area contributed by atoms with E-state index in [9.17, 15) is 26.3 Å². The van der Waals surface area contributed by atoms with Gasteiger partial charge in [0.1, 0.15) is 5.69 Å². The van der Waals surface area contributed by atoms with Gasteiger partial charge in [0.25, 0.3) is 0 Å². The Bertz CT molecular complexity index is 592. The molecule has 0 atom stereocenters. The van der Waals surface area contributed by atoms with E-state index in [0.29, 0.717) is 5.56 Å². The third kappa shape index (κ3) is 2.63. The Balaban J connectivity index is 2.74. The van der Waals surface area contributed by atoms with Crippen molar-refractivity contribution in [3.05, 3.63) is 41.2 Å². The molecule has 0 aliphatic rings. The van der Waals surface area contributed by atoms with Crippen molar-refractivity contribution in [2.45, 2.75) is 19.3 Å². The second-order valence-electron chi connectivity index (χ2n) is 4.19. The van der Waals surface area contributed by atoms with E-state index in [-0.39, 0.29) is 5.56 Å². The van der Waals surface area contributed by atoms with Crippen LogP contribution >= 0.6 is 0 Å². The summed E-state index contributed by atoms with van der Waals surface area (Å²) < 4.78 is 76.8. The summed E-state index contributed by atoms with van der Waals surface area (Å²) >= 11 is 0. The predicted molar refractivity (Wildman–Crippen MR) is 58.8 cm³/mol. The van der Waals surface area contributed by atoms with E-state index in [0.717, 1.165) is 0 Å². The molecule has 2 aromatic rings.